The predicted octanol–water partition coefficient (Wildman–Crippen LogP) is -1.02. The molecule has 0 aromatic heterocycles. The van der Waals surface area contributed by atoms with Crippen LogP contribution in [0.3, 0.4) is 0 Å². The monoisotopic (exact) mass is 222 g/mol. The Bertz CT molecular complexity index is 266. The predicted molar refractivity (Wildman–Crippen MR) is 54.2 cm³/mol. The van der Waals surface area contributed by atoms with Crippen molar-refractivity contribution in [2.45, 2.75) is 12.8 Å². The molecule has 14 heavy (non-hydrogen) atoms. The topological polar surface area (TPSA) is 83.6 Å². The van der Waals surface area contributed by atoms with Crippen LogP contribution < -0.4 is 5.73 Å². The molecule has 6 heteroatoms. The van der Waals surface area contributed by atoms with Crippen LogP contribution in [0.4, 0.5) is 0 Å². The zero-order chi connectivity index (χ0) is 10.6. The van der Waals surface area contributed by atoms with E-state index in [1.807, 2.05) is 0 Å². The summed E-state index contributed by atoms with van der Waals surface area (Å²) >= 11 is 0. The smallest absolute Gasteiger partial charge is 0.214 e. The minimum absolute atomic E-state index is 0.0723. The number of rotatable bonds is 5. The summed E-state index contributed by atoms with van der Waals surface area (Å²) in [5.74, 6) is 0.240. The first-order chi connectivity index (χ1) is 6.60. The van der Waals surface area contributed by atoms with E-state index in [4.69, 9.17) is 10.8 Å². The SMILES string of the molecule is NCCCS(=O)(=O)N1CCC(CO)C1. The summed E-state index contributed by atoms with van der Waals surface area (Å²) in [6.45, 7) is 1.47. The molecule has 1 heterocycles. The van der Waals surface area contributed by atoms with Gasteiger partial charge in [0, 0.05) is 19.7 Å². The van der Waals surface area contributed by atoms with Gasteiger partial charge in [0.2, 0.25) is 10.0 Å². The van der Waals surface area contributed by atoms with E-state index >= 15 is 0 Å². The fraction of sp³-hybridized carbons (Fsp3) is 1.00. The van der Waals surface area contributed by atoms with E-state index in [2.05, 4.69) is 0 Å². The van der Waals surface area contributed by atoms with Crippen LogP contribution in [0.15, 0.2) is 0 Å². The standard InChI is InChI=1S/C8H18N2O3S/c9-3-1-5-14(12,13)10-4-2-8(6-10)7-11/h8,11H,1-7,9H2. The minimum atomic E-state index is -3.12. The largest absolute Gasteiger partial charge is 0.396 e. The fourth-order valence-electron chi connectivity index (χ4n) is 1.59. The van der Waals surface area contributed by atoms with Gasteiger partial charge in [-0.2, -0.15) is 0 Å². The Hall–Kier alpha value is -0.170. The number of nitrogens with two attached hydrogens (primary N) is 1. The summed E-state index contributed by atoms with van der Waals surface area (Å²) in [4.78, 5) is 0. The summed E-state index contributed by atoms with van der Waals surface area (Å²) < 4.78 is 24.7. The highest BCUT2D eigenvalue weighted by atomic mass is 32.2. The van der Waals surface area contributed by atoms with Crippen LogP contribution >= 0.6 is 0 Å². The average Bonchev–Trinajstić information content (AvgIpc) is 2.63. The molecule has 0 aliphatic carbocycles. The zero-order valence-corrected chi connectivity index (χ0v) is 9.04. The van der Waals surface area contributed by atoms with Crippen molar-refractivity contribution in [3.05, 3.63) is 0 Å². The van der Waals surface area contributed by atoms with Crippen LogP contribution in [0.25, 0.3) is 0 Å². The molecule has 1 saturated heterocycles. The Kier molecular flexibility index (Phi) is 4.31. The molecular formula is C8H18N2O3S. The van der Waals surface area contributed by atoms with E-state index in [-0.39, 0.29) is 18.3 Å². The molecule has 5 nitrogen and oxygen atoms in total. The highest BCUT2D eigenvalue weighted by Gasteiger charge is 2.30. The molecule has 1 unspecified atom stereocenters. The van der Waals surface area contributed by atoms with Crippen molar-refractivity contribution in [1.29, 1.82) is 0 Å². The number of hydrogen-bond acceptors (Lipinski definition) is 4. The molecule has 1 fully saturated rings. The molecule has 1 atom stereocenters. The van der Waals surface area contributed by atoms with E-state index < -0.39 is 10.0 Å². The molecule has 84 valence electrons. The Morgan fingerprint density at radius 1 is 1.50 bits per heavy atom. The summed E-state index contributed by atoms with van der Waals surface area (Å²) in [5, 5.41) is 8.88. The molecular weight excluding hydrogens is 204 g/mol. The van der Waals surface area contributed by atoms with Gasteiger partial charge in [-0.3, -0.25) is 0 Å². The third kappa shape index (κ3) is 2.91. The molecule has 1 aliphatic rings. The lowest BCUT2D eigenvalue weighted by Gasteiger charge is -2.15. The normalized spacial score (nSPS) is 24.3. The number of sulfonamides is 1. The van der Waals surface area contributed by atoms with Crippen LogP contribution in [0.5, 0.6) is 0 Å². The quantitative estimate of drug-likeness (QED) is 0.623. The molecule has 3 N–H and O–H groups in total. The van der Waals surface area contributed by atoms with Gasteiger partial charge in [-0.15, -0.1) is 0 Å². The molecule has 0 aromatic rings. The third-order valence-electron chi connectivity index (χ3n) is 2.51. The maximum absolute atomic E-state index is 11.6. The summed E-state index contributed by atoms with van der Waals surface area (Å²) in [6, 6.07) is 0. The van der Waals surface area contributed by atoms with Crippen LogP contribution in [-0.4, -0.2) is 49.8 Å². The van der Waals surface area contributed by atoms with Gasteiger partial charge >= 0.3 is 0 Å². The van der Waals surface area contributed by atoms with Gasteiger partial charge in [0.25, 0.3) is 0 Å². The number of aliphatic hydroxyl groups is 1. The zero-order valence-electron chi connectivity index (χ0n) is 8.22. The Balaban J connectivity index is 2.49. The van der Waals surface area contributed by atoms with E-state index in [9.17, 15) is 8.42 Å². The van der Waals surface area contributed by atoms with E-state index in [1.54, 1.807) is 0 Å². The number of hydrogen-bond donors (Lipinski definition) is 2. The van der Waals surface area contributed by atoms with Crippen LogP contribution in [0.1, 0.15) is 12.8 Å². The van der Waals surface area contributed by atoms with Gasteiger partial charge in [-0.05, 0) is 25.3 Å². The number of nitrogens with zero attached hydrogens (tertiary/aromatic N) is 1. The van der Waals surface area contributed by atoms with Gasteiger partial charge in [-0.1, -0.05) is 0 Å². The van der Waals surface area contributed by atoms with Crippen LogP contribution in [0.2, 0.25) is 0 Å². The van der Waals surface area contributed by atoms with Crippen molar-refractivity contribution in [2.24, 2.45) is 11.7 Å². The lowest BCUT2D eigenvalue weighted by molar-refractivity contribution is 0.233. The molecule has 1 aliphatic heterocycles. The van der Waals surface area contributed by atoms with Crippen molar-refractivity contribution in [3.63, 3.8) is 0 Å². The Morgan fingerprint density at radius 3 is 2.71 bits per heavy atom. The highest BCUT2D eigenvalue weighted by Crippen LogP contribution is 2.19. The van der Waals surface area contributed by atoms with Crippen molar-refractivity contribution >= 4 is 10.0 Å². The van der Waals surface area contributed by atoms with Crippen molar-refractivity contribution < 1.29 is 13.5 Å². The molecule has 0 saturated carbocycles. The van der Waals surface area contributed by atoms with Crippen molar-refractivity contribution in [2.75, 3.05) is 32.0 Å². The van der Waals surface area contributed by atoms with Crippen LogP contribution in [-0.2, 0) is 10.0 Å². The maximum Gasteiger partial charge on any atom is 0.214 e. The van der Waals surface area contributed by atoms with Gasteiger partial charge in [0.1, 0.15) is 0 Å². The number of aliphatic hydroxyl groups excluding tert-OH is 1. The average molecular weight is 222 g/mol. The second kappa shape index (κ2) is 5.06. The lowest BCUT2D eigenvalue weighted by atomic mass is 10.1. The molecule has 0 radical (unpaired) electrons. The second-order valence-corrected chi connectivity index (χ2v) is 5.74. The van der Waals surface area contributed by atoms with Crippen molar-refractivity contribution in [1.82, 2.24) is 4.31 Å². The summed E-state index contributed by atoms with van der Waals surface area (Å²) in [7, 11) is -3.12. The van der Waals surface area contributed by atoms with Gasteiger partial charge in [-0.25, -0.2) is 12.7 Å². The molecule has 0 aromatic carbocycles. The Morgan fingerprint density at radius 2 is 2.21 bits per heavy atom. The molecule has 0 bridgehead atoms. The maximum atomic E-state index is 11.6. The van der Waals surface area contributed by atoms with Gasteiger partial charge in [0.15, 0.2) is 0 Å². The summed E-state index contributed by atoms with van der Waals surface area (Å²) in [6.07, 6.45) is 1.26. The molecule has 1 rings (SSSR count). The highest BCUT2D eigenvalue weighted by molar-refractivity contribution is 7.89. The lowest BCUT2D eigenvalue weighted by Crippen LogP contribution is -2.32. The van der Waals surface area contributed by atoms with E-state index in [1.165, 1.54) is 4.31 Å². The van der Waals surface area contributed by atoms with E-state index in [0.717, 1.165) is 6.42 Å². The van der Waals surface area contributed by atoms with E-state index in [0.29, 0.717) is 26.1 Å². The fourth-order valence-corrected chi connectivity index (χ4v) is 3.20. The summed E-state index contributed by atoms with van der Waals surface area (Å²) in [5.41, 5.74) is 5.26. The van der Waals surface area contributed by atoms with Gasteiger partial charge in [0.05, 0.1) is 5.75 Å². The first-order valence-electron chi connectivity index (χ1n) is 4.89. The second-order valence-electron chi connectivity index (χ2n) is 3.65. The van der Waals surface area contributed by atoms with Crippen LogP contribution in [0, 0.1) is 5.92 Å². The third-order valence-corrected chi connectivity index (χ3v) is 4.43. The van der Waals surface area contributed by atoms with Crippen molar-refractivity contribution in [3.8, 4) is 0 Å². The minimum Gasteiger partial charge on any atom is -0.396 e. The first kappa shape index (κ1) is 11.9. The molecule has 0 spiro atoms. The van der Waals surface area contributed by atoms with Gasteiger partial charge < -0.3 is 10.8 Å². The Labute approximate surface area is 84.9 Å². The molecule has 0 amide bonds. The first-order valence-corrected chi connectivity index (χ1v) is 6.50.